The number of anilines is 1. The van der Waals surface area contributed by atoms with Gasteiger partial charge in [-0.05, 0) is 25.0 Å². The Kier molecular flexibility index (Phi) is 4.62. The monoisotopic (exact) mass is 333 g/mol. The van der Waals surface area contributed by atoms with Gasteiger partial charge in [0.1, 0.15) is 5.69 Å². The largest absolute Gasteiger partial charge is 0.465 e. The van der Waals surface area contributed by atoms with Crippen LogP contribution in [0.2, 0.25) is 0 Å². The van der Waals surface area contributed by atoms with Gasteiger partial charge in [-0.1, -0.05) is 0 Å². The normalized spacial score (nSPS) is 18.6. The van der Waals surface area contributed by atoms with Gasteiger partial charge in [0.05, 0.1) is 10.5 Å². The molecule has 10 heteroatoms. The van der Waals surface area contributed by atoms with E-state index in [-0.39, 0.29) is 12.2 Å². The van der Waals surface area contributed by atoms with Crippen molar-refractivity contribution in [3.05, 3.63) is 33.9 Å². The second-order valence-corrected chi connectivity index (χ2v) is 5.20. The maximum Gasteiger partial charge on any atom is 0.416 e. The van der Waals surface area contributed by atoms with E-state index in [9.17, 15) is 28.1 Å². The fourth-order valence-electron chi connectivity index (χ4n) is 2.48. The van der Waals surface area contributed by atoms with Crippen LogP contribution in [-0.4, -0.2) is 40.2 Å². The van der Waals surface area contributed by atoms with Crippen LogP contribution in [0.3, 0.4) is 0 Å². The van der Waals surface area contributed by atoms with E-state index in [1.807, 2.05) is 0 Å². The van der Waals surface area contributed by atoms with Crippen LogP contribution in [-0.2, 0) is 6.18 Å². The molecular weight excluding hydrogens is 319 g/mol. The number of likely N-dealkylation sites (tertiary alicyclic amines) is 1. The molecule has 23 heavy (non-hydrogen) atoms. The number of hydrogen-bond donors (Lipinski definition) is 2. The third kappa shape index (κ3) is 4.02. The van der Waals surface area contributed by atoms with Crippen molar-refractivity contribution in [3.63, 3.8) is 0 Å². The molecule has 1 atom stereocenters. The molecule has 1 heterocycles. The smallest absolute Gasteiger partial charge is 0.416 e. The van der Waals surface area contributed by atoms with Crippen LogP contribution in [0.4, 0.5) is 29.3 Å². The van der Waals surface area contributed by atoms with Crippen LogP contribution in [0.1, 0.15) is 18.4 Å². The molecule has 1 fully saturated rings. The van der Waals surface area contributed by atoms with Crippen LogP contribution in [0, 0.1) is 10.1 Å². The molecule has 0 spiro atoms. The summed E-state index contributed by atoms with van der Waals surface area (Å²) < 4.78 is 38.3. The Morgan fingerprint density at radius 1 is 1.43 bits per heavy atom. The molecule has 0 aliphatic carbocycles. The minimum absolute atomic E-state index is 0.0583. The number of amides is 1. The van der Waals surface area contributed by atoms with E-state index in [1.54, 1.807) is 0 Å². The highest BCUT2D eigenvalue weighted by molar-refractivity contribution is 5.66. The third-order valence-corrected chi connectivity index (χ3v) is 3.57. The maximum atomic E-state index is 12.8. The van der Waals surface area contributed by atoms with Crippen molar-refractivity contribution in [3.8, 4) is 0 Å². The molecule has 7 nitrogen and oxygen atoms in total. The molecule has 2 rings (SSSR count). The van der Waals surface area contributed by atoms with Crippen molar-refractivity contribution in [2.24, 2.45) is 0 Å². The summed E-state index contributed by atoms with van der Waals surface area (Å²) in [6, 6.07) is 1.64. The number of rotatable bonds is 3. The highest BCUT2D eigenvalue weighted by Crippen LogP contribution is 2.35. The number of carboxylic acid groups (broad SMARTS) is 1. The summed E-state index contributed by atoms with van der Waals surface area (Å²) in [4.78, 5) is 22.3. The number of halogens is 3. The molecule has 1 aromatic carbocycles. The zero-order valence-electron chi connectivity index (χ0n) is 11.8. The summed E-state index contributed by atoms with van der Waals surface area (Å²) >= 11 is 0. The molecule has 1 amide bonds. The summed E-state index contributed by atoms with van der Waals surface area (Å²) in [7, 11) is 0. The lowest BCUT2D eigenvalue weighted by Gasteiger charge is -2.31. The minimum Gasteiger partial charge on any atom is -0.465 e. The Bertz CT molecular complexity index is 621. The zero-order chi connectivity index (χ0) is 17.2. The molecule has 0 saturated carbocycles. The van der Waals surface area contributed by atoms with E-state index in [1.165, 1.54) is 0 Å². The second-order valence-electron chi connectivity index (χ2n) is 5.20. The quantitative estimate of drug-likeness (QED) is 0.654. The predicted octanol–water partition coefficient (Wildman–Crippen LogP) is 3.17. The van der Waals surface area contributed by atoms with Crippen molar-refractivity contribution in [1.29, 1.82) is 0 Å². The predicted molar refractivity (Wildman–Crippen MR) is 74.3 cm³/mol. The molecule has 1 aliphatic rings. The van der Waals surface area contributed by atoms with E-state index >= 15 is 0 Å². The number of benzene rings is 1. The van der Waals surface area contributed by atoms with Crippen LogP contribution < -0.4 is 5.32 Å². The number of nitrogens with zero attached hydrogens (tertiary/aromatic N) is 2. The number of nitrogens with one attached hydrogen (secondary N) is 1. The van der Waals surface area contributed by atoms with Gasteiger partial charge in [0.25, 0.3) is 5.69 Å². The lowest BCUT2D eigenvalue weighted by Crippen LogP contribution is -2.44. The molecule has 1 aliphatic heterocycles. The Labute approximate surface area is 128 Å². The Morgan fingerprint density at radius 2 is 2.13 bits per heavy atom. The van der Waals surface area contributed by atoms with Gasteiger partial charge in [0, 0.05) is 25.2 Å². The maximum absolute atomic E-state index is 12.8. The summed E-state index contributed by atoms with van der Waals surface area (Å²) in [6.07, 6.45) is -4.71. The Hall–Kier alpha value is -2.52. The molecule has 1 saturated heterocycles. The molecule has 2 N–H and O–H groups in total. The van der Waals surface area contributed by atoms with Crippen LogP contribution >= 0.6 is 0 Å². The number of nitro groups is 1. The average Bonchev–Trinajstić information content (AvgIpc) is 2.46. The van der Waals surface area contributed by atoms with Crippen molar-refractivity contribution in [2.75, 3.05) is 18.4 Å². The number of alkyl halides is 3. The van der Waals surface area contributed by atoms with Gasteiger partial charge in [0.15, 0.2) is 0 Å². The zero-order valence-corrected chi connectivity index (χ0v) is 11.8. The van der Waals surface area contributed by atoms with Crippen molar-refractivity contribution < 1.29 is 28.0 Å². The Balaban J connectivity index is 2.26. The number of carbonyl (C=O) groups is 1. The molecule has 1 unspecified atom stereocenters. The number of piperidine rings is 1. The second kappa shape index (κ2) is 6.31. The minimum atomic E-state index is -4.62. The van der Waals surface area contributed by atoms with Crippen molar-refractivity contribution >= 4 is 17.5 Å². The standard InChI is InChI=1S/C13H14F3N3O4/c14-13(15,16)8-3-4-11(19(22)23)10(6-8)17-9-2-1-5-18(7-9)12(20)21/h3-4,6,9,17H,1-2,5,7H2,(H,20,21). The van der Waals surface area contributed by atoms with E-state index in [4.69, 9.17) is 5.11 Å². The van der Waals surface area contributed by atoms with Gasteiger partial charge >= 0.3 is 12.3 Å². The molecule has 1 aromatic rings. The van der Waals surface area contributed by atoms with Gasteiger partial charge in [-0.3, -0.25) is 10.1 Å². The van der Waals surface area contributed by atoms with Gasteiger partial charge < -0.3 is 15.3 Å². The third-order valence-electron chi connectivity index (χ3n) is 3.57. The Morgan fingerprint density at radius 3 is 2.70 bits per heavy atom. The van der Waals surface area contributed by atoms with Crippen LogP contribution in [0.5, 0.6) is 0 Å². The lowest BCUT2D eigenvalue weighted by molar-refractivity contribution is -0.384. The van der Waals surface area contributed by atoms with Crippen molar-refractivity contribution in [2.45, 2.75) is 25.1 Å². The summed E-state index contributed by atoms with van der Waals surface area (Å²) in [6.45, 7) is 0.390. The van der Waals surface area contributed by atoms with E-state index in [0.717, 1.165) is 11.0 Å². The van der Waals surface area contributed by atoms with Gasteiger partial charge in [-0.15, -0.1) is 0 Å². The van der Waals surface area contributed by atoms with E-state index in [0.29, 0.717) is 31.5 Å². The topological polar surface area (TPSA) is 95.7 Å². The molecule has 0 aromatic heterocycles. The van der Waals surface area contributed by atoms with Crippen molar-refractivity contribution in [1.82, 2.24) is 4.90 Å². The fourth-order valence-corrected chi connectivity index (χ4v) is 2.48. The van der Waals surface area contributed by atoms with Gasteiger partial charge in [-0.25, -0.2) is 4.79 Å². The summed E-state index contributed by atoms with van der Waals surface area (Å²) in [5.41, 5.74) is -1.75. The van der Waals surface area contributed by atoms with Crippen LogP contribution in [0.25, 0.3) is 0 Å². The molecule has 0 radical (unpaired) electrons. The highest BCUT2D eigenvalue weighted by atomic mass is 19.4. The highest BCUT2D eigenvalue weighted by Gasteiger charge is 2.33. The summed E-state index contributed by atoms with van der Waals surface area (Å²) in [5.74, 6) is 0. The van der Waals surface area contributed by atoms with E-state index < -0.39 is 34.5 Å². The summed E-state index contributed by atoms with van der Waals surface area (Å²) in [5, 5.41) is 22.6. The number of hydrogen-bond acceptors (Lipinski definition) is 4. The average molecular weight is 333 g/mol. The van der Waals surface area contributed by atoms with Gasteiger partial charge in [-0.2, -0.15) is 13.2 Å². The molecule has 0 bridgehead atoms. The lowest BCUT2D eigenvalue weighted by atomic mass is 10.0. The fraction of sp³-hybridized carbons (Fsp3) is 0.462. The first-order valence-corrected chi connectivity index (χ1v) is 6.78. The van der Waals surface area contributed by atoms with Crippen LogP contribution in [0.15, 0.2) is 18.2 Å². The molecule has 126 valence electrons. The molecular formula is C13H14F3N3O4. The van der Waals surface area contributed by atoms with Gasteiger partial charge in [0.2, 0.25) is 0 Å². The first-order valence-electron chi connectivity index (χ1n) is 6.78. The first-order chi connectivity index (χ1) is 10.7. The number of nitro benzene ring substituents is 1. The first kappa shape index (κ1) is 16.8. The van der Waals surface area contributed by atoms with E-state index in [2.05, 4.69) is 5.32 Å². The SMILES string of the molecule is O=C(O)N1CCCC(Nc2cc(C(F)(F)F)ccc2[N+](=O)[O-])C1.